The fraction of sp³-hybridized carbons (Fsp3) is 0.833. The normalized spacial score (nSPS) is 13.7. The average molecular weight is 192 g/mol. The number of tetrazole rings is 1. The van der Waals surface area contributed by atoms with Gasteiger partial charge in [-0.1, -0.05) is 26.0 Å². The number of nitrogens with two attached hydrogens (primary N) is 1. The number of hydrogen-bond donors (Lipinski definition) is 2. The van der Waals surface area contributed by atoms with Gasteiger partial charge in [0.1, 0.15) is 0 Å². The molecule has 1 atom stereocenters. The number of rotatable bonds is 1. The van der Waals surface area contributed by atoms with Crippen molar-refractivity contribution in [2.24, 2.45) is 11.1 Å². The quantitative estimate of drug-likeness (QED) is 0.684. The maximum Gasteiger partial charge on any atom is 0.191 e. The molecule has 0 aliphatic rings. The molecule has 0 bridgehead atoms. The molecule has 0 spiro atoms. The predicted octanol–water partition coefficient (Wildman–Crippen LogP) is 0.667. The molecule has 1 heterocycles. The smallest absolute Gasteiger partial charge is 0.191 e. The van der Waals surface area contributed by atoms with Crippen LogP contribution in [0, 0.1) is 5.41 Å². The average Bonchev–Trinajstić information content (AvgIpc) is 2.34. The standard InChI is InChI=1S/C6H13N5.ClH/c1-6(2,3)4(7)5-8-10-11-9-5;/h4H,7H2,1-3H3,(H,8,9,10,11);1H/t4-;/m0./s1. The van der Waals surface area contributed by atoms with Crippen molar-refractivity contribution >= 4 is 12.4 Å². The van der Waals surface area contributed by atoms with Crippen LogP contribution in [-0.4, -0.2) is 20.6 Å². The van der Waals surface area contributed by atoms with E-state index >= 15 is 0 Å². The molecule has 0 aliphatic carbocycles. The third-order valence-corrected chi connectivity index (χ3v) is 1.57. The van der Waals surface area contributed by atoms with Gasteiger partial charge in [0.25, 0.3) is 0 Å². The molecule has 0 aliphatic heterocycles. The zero-order valence-corrected chi connectivity index (χ0v) is 8.22. The van der Waals surface area contributed by atoms with Crippen molar-refractivity contribution < 1.29 is 0 Å². The summed E-state index contributed by atoms with van der Waals surface area (Å²) in [5, 5.41) is 13.4. The molecule has 1 rings (SSSR count). The van der Waals surface area contributed by atoms with Gasteiger partial charge in [-0.05, 0) is 5.41 Å². The Labute approximate surface area is 77.5 Å². The molecule has 70 valence electrons. The molecule has 0 fully saturated rings. The minimum atomic E-state index is -0.166. The Morgan fingerprint density at radius 2 is 2.00 bits per heavy atom. The molecule has 0 amide bonds. The summed E-state index contributed by atoms with van der Waals surface area (Å²) in [7, 11) is 0. The van der Waals surface area contributed by atoms with E-state index in [1.54, 1.807) is 0 Å². The number of H-pyrrole nitrogens is 1. The second-order valence-electron chi connectivity index (χ2n) is 3.61. The van der Waals surface area contributed by atoms with Crippen LogP contribution in [0.4, 0.5) is 0 Å². The van der Waals surface area contributed by atoms with E-state index in [1.807, 2.05) is 20.8 Å². The van der Waals surface area contributed by atoms with Crippen LogP contribution in [-0.2, 0) is 0 Å². The Balaban J connectivity index is 0.00000121. The van der Waals surface area contributed by atoms with E-state index in [-0.39, 0.29) is 23.9 Å². The van der Waals surface area contributed by atoms with Crippen molar-refractivity contribution in [1.82, 2.24) is 20.6 Å². The summed E-state index contributed by atoms with van der Waals surface area (Å²) < 4.78 is 0. The number of aromatic nitrogens is 4. The third kappa shape index (κ3) is 2.42. The molecule has 0 aromatic carbocycles. The first kappa shape index (κ1) is 11.3. The fourth-order valence-electron chi connectivity index (χ4n) is 0.689. The Bertz CT molecular complexity index is 214. The summed E-state index contributed by atoms with van der Waals surface area (Å²) >= 11 is 0. The molecular formula is C6H14ClN5. The van der Waals surface area contributed by atoms with Crippen molar-refractivity contribution in [2.75, 3.05) is 0 Å². The van der Waals surface area contributed by atoms with Gasteiger partial charge in [-0.2, -0.15) is 5.21 Å². The maximum atomic E-state index is 5.83. The summed E-state index contributed by atoms with van der Waals surface area (Å²) in [5.74, 6) is 0.567. The van der Waals surface area contributed by atoms with Crippen LogP contribution in [0.2, 0.25) is 0 Å². The van der Waals surface area contributed by atoms with Crippen molar-refractivity contribution in [3.8, 4) is 0 Å². The Morgan fingerprint density at radius 1 is 1.42 bits per heavy atom. The van der Waals surface area contributed by atoms with Gasteiger partial charge in [-0.15, -0.1) is 22.6 Å². The summed E-state index contributed by atoms with van der Waals surface area (Å²) in [4.78, 5) is 0. The lowest BCUT2D eigenvalue weighted by molar-refractivity contribution is 0.315. The topological polar surface area (TPSA) is 80.5 Å². The lowest BCUT2D eigenvalue weighted by Crippen LogP contribution is -2.27. The highest BCUT2D eigenvalue weighted by molar-refractivity contribution is 5.85. The van der Waals surface area contributed by atoms with Crippen LogP contribution in [0.5, 0.6) is 0 Å². The maximum absolute atomic E-state index is 5.83. The first-order chi connectivity index (χ1) is 5.02. The van der Waals surface area contributed by atoms with E-state index < -0.39 is 0 Å². The number of aromatic amines is 1. The van der Waals surface area contributed by atoms with E-state index in [1.165, 1.54) is 0 Å². The molecule has 5 nitrogen and oxygen atoms in total. The van der Waals surface area contributed by atoms with Crippen LogP contribution in [0.15, 0.2) is 0 Å². The minimum absolute atomic E-state index is 0. The molecule has 1 aromatic heterocycles. The predicted molar refractivity (Wildman–Crippen MR) is 47.8 cm³/mol. The lowest BCUT2D eigenvalue weighted by atomic mass is 9.87. The van der Waals surface area contributed by atoms with Gasteiger partial charge in [0, 0.05) is 0 Å². The molecule has 0 saturated heterocycles. The van der Waals surface area contributed by atoms with Crippen LogP contribution in [0.3, 0.4) is 0 Å². The lowest BCUT2D eigenvalue weighted by Gasteiger charge is -2.23. The van der Waals surface area contributed by atoms with Gasteiger partial charge in [0.15, 0.2) is 5.82 Å². The zero-order chi connectivity index (χ0) is 8.48. The van der Waals surface area contributed by atoms with Crippen LogP contribution in [0.25, 0.3) is 0 Å². The van der Waals surface area contributed by atoms with Crippen molar-refractivity contribution in [1.29, 1.82) is 0 Å². The van der Waals surface area contributed by atoms with Crippen LogP contribution >= 0.6 is 12.4 Å². The van der Waals surface area contributed by atoms with E-state index in [2.05, 4.69) is 20.6 Å². The second-order valence-corrected chi connectivity index (χ2v) is 3.61. The van der Waals surface area contributed by atoms with Gasteiger partial charge in [0.2, 0.25) is 0 Å². The van der Waals surface area contributed by atoms with Gasteiger partial charge in [0.05, 0.1) is 6.04 Å². The Hall–Kier alpha value is -0.680. The van der Waals surface area contributed by atoms with Crippen LogP contribution < -0.4 is 5.73 Å². The van der Waals surface area contributed by atoms with Crippen molar-refractivity contribution in [3.63, 3.8) is 0 Å². The van der Waals surface area contributed by atoms with E-state index in [0.29, 0.717) is 5.82 Å². The van der Waals surface area contributed by atoms with Crippen LogP contribution in [0.1, 0.15) is 32.6 Å². The van der Waals surface area contributed by atoms with E-state index in [4.69, 9.17) is 5.73 Å². The highest BCUT2D eigenvalue weighted by Crippen LogP contribution is 2.27. The summed E-state index contributed by atoms with van der Waals surface area (Å²) in [6.45, 7) is 6.11. The van der Waals surface area contributed by atoms with Crippen molar-refractivity contribution in [3.05, 3.63) is 5.82 Å². The number of hydrogen-bond acceptors (Lipinski definition) is 4. The van der Waals surface area contributed by atoms with Gasteiger partial charge >= 0.3 is 0 Å². The van der Waals surface area contributed by atoms with Crippen molar-refractivity contribution in [2.45, 2.75) is 26.8 Å². The van der Waals surface area contributed by atoms with Gasteiger partial charge < -0.3 is 5.73 Å². The molecular weight excluding hydrogens is 178 g/mol. The van der Waals surface area contributed by atoms with Gasteiger partial charge in [-0.25, -0.2) is 0 Å². The number of halogens is 1. The molecule has 12 heavy (non-hydrogen) atoms. The summed E-state index contributed by atoms with van der Waals surface area (Å²) in [5.41, 5.74) is 5.81. The first-order valence-electron chi connectivity index (χ1n) is 3.51. The highest BCUT2D eigenvalue weighted by atomic mass is 35.5. The monoisotopic (exact) mass is 191 g/mol. The Morgan fingerprint density at radius 3 is 2.33 bits per heavy atom. The molecule has 0 radical (unpaired) electrons. The number of nitrogens with zero attached hydrogens (tertiary/aromatic N) is 3. The largest absolute Gasteiger partial charge is 0.321 e. The summed E-state index contributed by atoms with van der Waals surface area (Å²) in [6, 6.07) is -0.166. The first-order valence-corrected chi connectivity index (χ1v) is 3.51. The minimum Gasteiger partial charge on any atom is -0.321 e. The molecule has 3 N–H and O–H groups in total. The zero-order valence-electron chi connectivity index (χ0n) is 7.40. The third-order valence-electron chi connectivity index (χ3n) is 1.57. The van der Waals surface area contributed by atoms with E-state index in [9.17, 15) is 0 Å². The molecule has 1 aromatic rings. The SMILES string of the molecule is CC(C)(C)[C@@H](N)c1nn[nH]n1.Cl. The highest BCUT2D eigenvalue weighted by Gasteiger charge is 2.25. The molecule has 6 heteroatoms. The molecule has 0 unspecified atom stereocenters. The second kappa shape index (κ2) is 3.82. The number of nitrogens with one attached hydrogen (secondary N) is 1. The molecule has 0 saturated carbocycles. The van der Waals surface area contributed by atoms with E-state index in [0.717, 1.165) is 0 Å². The fourth-order valence-corrected chi connectivity index (χ4v) is 0.689. The Kier molecular flexibility index (Phi) is 3.60. The summed E-state index contributed by atoms with van der Waals surface area (Å²) in [6.07, 6.45) is 0. The van der Waals surface area contributed by atoms with Gasteiger partial charge in [-0.3, -0.25) is 0 Å².